The number of hydrogen-bond donors (Lipinski definition) is 3. The van der Waals surface area contributed by atoms with Crippen molar-refractivity contribution < 1.29 is 9.59 Å². The zero-order chi connectivity index (χ0) is 24.8. The molecule has 6 rings (SSSR count). The van der Waals surface area contributed by atoms with Crippen LogP contribution in [0, 0.1) is 5.92 Å². The maximum Gasteiger partial charge on any atom is 0.253 e. The number of carbonyl (C=O) groups excluding carboxylic acids is 2. The fraction of sp³-hybridized carbons (Fsp3) is 0.179. The van der Waals surface area contributed by atoms with Crippen LogP contribution >= 0.6 is 22.9 Å². The van der Waals surface area contributed by atoms with Gasteiger partial charge in [0.05, 0.1) is 21.8 Å². The molecule has 36 heavy (non-hydrogen) atoms. The van der Waals surface area contributed by atoms with Gasteiger partial charge in [-0.1, -0.05) is 47.2 Å². The molecule has 2 amide bonds. The van der Waals surface area contributed by atoms with Crippen molar-refractivity contribution in [3.05, 3.63) is 83.0 Å². The van der Waals surface area contributed by atoms with Gasteiger partial charge in [0.25, 0.3) is 5.91 Å². The van der Waals surface area contributed by atoms with Crippen molar-refractivity contribution >= 4 is 61.0 Å². The molecule has 180 valence electrons. The van der Waals surface area contributed by atoms with E-state index in [1.165, 1.54) is 11.3 Å². The summed E-state index contributed by atoms with van der Waals surface area (Å²) in [5.74, 6) is 0.0445. The number of fused-ring (bicyclic) bond motifs is 2. The number of aromatic nitrogens is 2. The Morgan fingerprint density at radius 2 is 1.89 bits per heavy atom. The molecule has 1 saturated carbocycles. The summed E-state index contributed by atoms with van der Waals surface area (Å²) < 4.78 is 1.00. The van der Waals surface area contributed by atoms with E-state index < -0.39 is 0 Å². The van der Waals surface area contributed by atoms with Crippen molar-refractivity contribution in [2.24, 2.45) is 5.92 Å². The number of thiazole rings is 1. The molecule has 6 nitrogen and oxygen atoms in total. The van der Waals surface area contributed by atoms with Crippen LogP contribution in [0.4, 0.5) is 5.13 Å². The van der Waals surface area contributed by atoms with Crippen molar-refractivity contribution in [1.82, 2.24) is 15.3 Å². The number of anilines is 1. The van der Waals surface area contributed by atoms with Gasteiger partial charge in [-0.05, 0) is 72.9 Å². The second-order valence-electron chi connectivity index (χ2n) is 9.18. The molecule has 0 radical (unpaired) electrons. The van der Waals surface area contributed by atoms with Crippen molar-refractivity contribution in [2.45, 2.75) is 25.8 Å². The Bertz CT molecular complexity index is 1640. The fourth-order valence-corrected chi connectivity index (χ4v) is 5.44. The van der Waals surface area contributed by atoms with Gasteiger partial charge < -0.3 is 15.6 Å². The standard InChI is InChI=1S/C28H23ClN4O2S/c1-15(17-3-2-4-20(29)11-17)31-27(35)22-14-30-23-9-7-18(12-21(22)23)19-8-10-24-25(13-19)36-28(32-24)33-26(34)16-5-6-16/h2-4,7-16,30H,5-6H2,1H3,(H,31,35)(H,32,33,34)/t15-/m0/s1. The molecule has 1 atom stereocenters. The molecule has 0 saturated heterocycles. The number of benzene rings is 3. The summed E-state index contributed by atoms with van der Waals surface area (Å²) >= 11 is 7.59. The lowest BCUT2D eigenvalue weighted by molar-refractivity contribution is -0.117. The Kier molecular flexibility index (Phi) is 5.74. The predicted molar refractivity (Wildman–Crippen MR) is 146 cm³/mol. The molecular weight excluding hydrogens is 492 g/mol. The first-order chi connectivity index (χ1) is 17.4. The molecule has 5 aromatic rings. The lowest BCUT2D eigenvalue weighted by Crippen LogP contribution is -2.26. The molecule has 1 aliphatic rings. The summed E-state index contributed by atoms with van der Waals surface area (Å²) in [6, 6.07) is 19.4. The van der Waals surface area contributed by atoms with E-state index in [9.17, 15) is 9.59 Å². The van der Waals surface area contributed by atoms with E-state index in [4.69, 9.17) is 11.6 Å². The first kappa shape index (κ1) is 22.8. The Morgan fingerprint density at radius 3 is 2.69 bits per heavy atom. The van der Waals surface area contributed by atoms with Crippen molar-refractivity contribution in [1.29, 1.82) is 0 Å². The van der Waals surface area contributed by atoms with Gasteiger partial charge in [-0.25, -0.2) is 4.98 Å². The Balaban J connectivity index is 1.27. The van der Waals surface area contributed by atoms with Gasteiger partial charge >= 0.3 is 0 Å². The molecule has 2 heterocycles. The Hall–Kier alpha value is -3.68. The molecule has 3 N–H and O–H groups in total. The van der Waals surface area contributed by atoms with Crippen LogP contribution in [0.25, 0.3) is 32.2 Å². The summed E-state index contributed by atoms with van der Waals surface area (Å²) in [4.78, 5) is 33.0. The molecule has 0 aliphatic heterocycles. The van der Waals surface area contributed by atoms with Crippen LogP contribution in [0.1, 0.15) is 41.7 Å². The van der Waals surface area contributed by atoms with E-state index >= 15 is 0 Å². The van der Waals surface area contributed by atoms with Gasteiger partial charge in [0.15, 0.2) is 5.13 Å². The number of carbonyl (C=O) groups is 2. The SMILES string of the molecule is C[C@H](NC(=O)c1c[nH]c2ccc(-c3ccc4nc(NC(=O)C5CC5)sc4c3)cc12)c1cccc(Cl)c1. The number of nitrogens with one attached hydrogen (secondary N) is 3. The zero-order valence-electron chi connectivity index (χ0n) is 19.5. The van der Waals surface area contributed by atoms with Gasteiger partial charge in [0, 0.05) is 28.0 Å². The lowest BCUT2D eigenvalue weighted by atomic mass is 10.0. The van der Waals surface area contributed by atoms with Crippen LogP contribution in [-0.4, -0.2) is 21.8 Å². The molecule has 2 aromatic heterocycles. The minimum Gasteiger partial charge on any atom is -0.360 e. The number of nitrogens with zero attached hydrogens (tertiary/aromatic N) is 1. The minimum atomic E-state index is -0.187. The maximum absolute atomic E-state index is 13.1. The highest BCUT2D eigenvalue weighted by molar-refractivity contribution is 7.22. The highest BCUT2D eigenvalue weighted by atomic mass is 35.5. The Labute approximate surface area is 216 Å². The van der Waals surface area contributed by atoms with Crippen LogP contribution in [0.15, 0.2) is 66.9 Å². The van der Waals surface area contributed by atoms with E-state index in [1.54, 1.807) is 6.20 Å². The summed E-state index contributed by atoms with van der Waals surface area (Å²) in [5.41, 5.74) is 5.30. The first-order valence-corrected chi connectivity index (χ1v) is 13.0. The number of aromatic amines is 1. The number of hydrogen-bond acceptors (Lipinski definition) is 4. The van der Waals surface area contributed by atoms with Crippen molar-refractivity contribution in [3.63, 3.8) is 0 Å². The third-order valence-corrected chi connectivity index (χ3v) is 7.69. The second-order valence-corrected chi connectivity index (χ2v) is 10.6. The lowest BCUT2D eigenvalue weighted by Gasteiger charge is -2.14. The number of rotatable bonds is 6. The van der Waals surface area contributed by atoms with E-state index in [-0.39, 0.29) is 23.8 Å². The summed E-state index contributed by atoms with van der Waals surface area (Å²) in [5, 5.41) is 8.13. The molecule has 0 spiro atoms. The Morgan fingerprint density at radius 1 is 1.08 bits per heavy atom. The van der Waals surface area contributed by atoms with Crippen molar-refractivity contribution in [2.75, 3.05) is 5.32 Å². The third kappa shape index (κ3) is 4.47. The number of halogens is 1. The number of H-pyrrole nitrogens is 1. The molecule has 1 aliphatic carbocycles. The number of amides is 2. The summed E-state index contributed by atoms with van der Waals surface area (Å²) in [6.07, 6.45) is 3.67. The van der Waals surface area contributed by atoms with E-state index in [0.717, 1.165) is 50.7 Å². The van der Waals surface area contributed by atoms with Gasteiger partial charge in [0.2, 0.25) is 5.91 Å². The molecule has 8 heteroatoms. The van der Waals surface area contributed by atoms with Gasteiger partial charge in [0.1, 0.15) is 0 Å². The highest BCUT2D eigenvalue weighted by Crippen LogP contribution is 2.34. The quantitative estimate of drug-likeness (QED) is 0.229. The fourth-order valence-electron chi connectivity index (χ4n) is 4.33. The second kappa shape index (κ2) is 9.08. The van der Waals surface area contributed by atoms with Crippen LogP contribution in [0.2, 0.25) is 5.02 Å². The normalized spacial score (nSPS) is 14.2. The van der Waals surface area contributed by atoms with Gasteiger partial charge in [-0.15, -0.1) is 0 Å². The molecule has 0 unspecified atom stereocenters. The zero-order valence-corrected chi connectivity index (χ0v) is 21.0. The molecule has 3 aromatic carbocycles. The molecular formula is C28H23ClN4O2S. The first-order valence-electron chi connectivity index (χ1n) is 11.8. The van der Waals surface area contributed by atoms with Gasteiger partial charge in [-0.2, -0.15) is 0 Å². The van der Waals surface area contributed by atoms with Crippen LogP contribution in [-0.2, 0) is 4.79 Å². The maximum atomic E-state index is 13.1. The van der Waals surface area contributed by atoms with E-state index in [2.05, 4.69) is 26.7 Å². The highest BCUT2D eigenvalue weighted by Gasteiger charge is 2.30. The molecule has 1 fully saturated rings. The summed E-state index contributed by atoms with van der Waals surface area (Å²) in [7, 11) is 0. The van der Waals surface area contributed by atoms with E-state index in [1.807, 2.05) is 61.5 Å². The van der Waals surface area contributed by atoms with Crippen LogP contribution < -0.4 is 10.6 Å². The average Bonchev–Trinajstić information content (AvgIpc) is 3.52. The predicted octanol–water partition coefficient (Wildman–Crippen LogP) is 6.94. The third-order valence-electron chi connectivity index (χ3n) is 6.52. The smallest absolute Gasteiger partial charge is 0.253 e. The largest absolute Gasteiger partial charge is 0.360 e. The minimum absolute atomic E-state index is 0.0580. The van der Waals surface area contributed by atoms with Crippen LogP contribution in [0.5, 0.6) is 0 Å². The summed E-state index contributed by atoms with van der Waals surface area (Å²) in [6.45, 7) is 1.94. The average molecular weight is 515 g/mol. The van der Waals surface area contributed by atoms with Crippen molar-refractivity contribution in [3.8, 4) is 11.1 Å². The molecule has 0 bridgehead atoms. The van der Waals surface area contributed by atoms with Crippen LogP contribution in [0.3, 0.4) is 0 Å². The van der Waals surface area contributed by atoms with Gasteiger partial charge in [-0.3, -0.25) is 9.59 Å². The topological polar surface area (TPSA) is 86.9 Å². The van der Waals surface area contributed by atoms with E-state index in [0.29, 0.717) is 15.7 Å². The monoisotopic (exact) mass is 514 g/mol.